The van der Waals surface area contributed by atoms with Crippen molar-refractivity contribution < 1.29 is 23.5 Å². The van der Waals surface area contributed by atoms with Gasteiger partial charge in [0.1, 0.15) is 11.6 Å². The molecule has 0 radical (unpaired) electrons. The molecule has 132 valence electrons. The van der Waals surface area contributed by atoms with Crippen molar-refractivity contribution in [3.05, 3.63) is 34.9 Å². The Hall–Kier alpha value is -2.02. The number of aliphatic carboxylic acids is 1. The number of aryl methyl sites for hydroxylation is 1. The van der Waals surface area contributed by atoms with Gasteiger partial charge in [-0.1, -0.05) is 0 Å². The maximum Gasteiger partial charge on any atom is 0.317 e. The van der Waals surface area contributed by atoms with E-state index in [1.54, 1.807) is 16.8 Å². The number of carboxylic acids is 1. The number of carboxylic acid groups (broad SMARTS) is 1. The van der Waals surface area contributed by atoms with Crippen molar-refractivity contribution in [2.24, 2.45) is 0 Å². The highest BCUT2D eigenvalue weighted by Gasteiger charge is 2.26. The zero-order chi connectivity index (χ0) is 17.9. The number of amides is 1. The van der Waals surface area contributed by atoms with E-state index in [4.69, 9.17) is 5.11 Å². The van der Waals surface area contributed by atoms with Gasteiger partial charge < -0.3 is 10.0 Å². The lowest BCUT2D eigenvalue weighted by Gasteiger charge is -2.25. The number of benzene rings is 1. The molecule has 0 saturated carbocycles. The van der Waals surface area contributed by atoms with E-state index >= 15 is 0 Å². The lowest BCUT2D eigenvalue weighted by Crippen LogP contribution is -2.37. The van der Waals surface area contributed by atoms with Crippen molar-refractivity contribution in [1.82, 2.24) is 9.80 Å². The minimum absolute atomic E-state index is 0.0512. The first kappa shape index (κ1) is 18.3. The lowest BCUT2D eigenvalue weighted by atomic mass is 10.1. The summed E-state index contributed by atoms with van der Waals surface area (Å²) in [6, 6.07) is 2.05. The van der Waals surface area contributed by atoms with Crippen LogP contribution < -0.4 is 0 Å². The molecule has 7 heteroatoms. The molecule has 0 unspecified atom stereocenters. The van der Waals surface area contributed by atoms with Crippen LogP contribution in [0.5, 0.6) is 0 Å². The molecule has 1 aliphatic rings. The third-order valence-corrected chi connectivity index (χ3v) is 4.47. The van der Waals surface area contributed by atoms with E-state index < -0.39 is 23.5 Å². The number of carbonyl (C=O) groups excluding carboxylic acids is 1. The van der Waals surface area contributed by atoms with Gasteiger partial charge in [0.15, 0.2) is 0 Å². The SMILES string of the molecule is Cc1cc(C(=O)N2CCC[C@H](N(C)CC(=O)O)CC2)c(F)cc1F. The Kier molecular flexibility index (Phi) is 5.88. The molecule has 5 nitrogen and oxygen atoms in total. The molecule has 24 heavy (non-hydrogen) atoms. The number of hydrogen-bond donors (Lipinski definition) is 1. The van der Waals surface area contributed by atoms with Gasteiger partial charge in [-0.15, -0.1) is 0 Å². The van der Waals surface area contributed by atoms with Gasteiger partial charge in [0.05, 0.1) is 12.1 Å². The summed E-state index contributed by atoms with van der Waals surface area (Å²) in [6.07, 6.45) is 2.11. The molecule has 1 atom stereocenters. The molecule has 0 spiro atoms. The smallest absolute Gasteiger partial charge is 0.317 e. The highest BCUT2D eigenvalue weighted by molar-refractivity contribution is 5.94. The Labute approximate surface area is 139 Å². The van der Waals surface area contributed by atoms with E-state index in [0.29, 0.717) is 25.9 Å². The van der Waals surface area contributed by atoms with Crippen molar-refractivity contribution in [3.63, 3.8) is 0 Å². The number of likely N-dealkylation sites (N-methyl/N-ethyl adjacent to an activating group) is 1. The molecule has 1 aromatic rings. The highest BCUT2D eigenvalue weighted by Crippen LogP contribution is 2.20. The standard InChI is InChI=1S/C17H22F2N2O3/c1-11-8-13(15(19)9-14(11)18)17(24)21-6-3-4-12(5-7-21)20(2)10-16(22)23/h8-9,12H,3-7,10H2,1-2H3,(H,22,23)/t12-/m0/s1. The van der Waals surface area contributed by atoms with Crippen LogP contribution in [0.2, 0.25) is 0 Å². The summed E-state index contributed by atoms with van der Waals surface area (Å²) >= 11 is 0. The predicted molar refractivity (Wildman–Crippen MR) is 84.9 cm³/mol. The van der Waals surface area contributed by atoms with Gasteiger partial charge >= 0.3 is 5.97 Å². The van der Waals surface area contributed by atoms with Crippen molar-refractivity contribution in [3.8, 4) is 0 Å². The largest absolute Gasteiger partial charge is 0.480 e. The van der Waals surface area contributed by atoms with E-state index in [1.807, 2.05) is 0 Å². The monoisotopic (exact) mass is 340 g/mol. The Bertz CT molecular complexity index is 637. The topological polar surface area (TPSA) is 60.9 Å². The second-order valence-electron chi connectivity index (χ2n) is 6.27. The van der Waals surface area contributed by atoms with Crippen LogP contribution in [0.25, 0.3) is 0 Å². The Morgan fingerprint density at radius 1 is 1.25 bits per heavy atom. The van der Waals surface area contributed by atoms with E-state index in [0.717, 1.165) is 12.5 Å². The second-order valence-corrected chi connectivity index (χ2v) is 6.27. The third-order valence-electron chi connectivity index (χ3n) is 4.47. The summed E-state index contributed by atoms with van der Waals surface area (Å²) in [5.74, 6) is -2.86. The first-order valence-electron chi connectivity index (χ1n) is 7.96. The van der Waals surface area contributed by atoms with Crippen LogP contribution in [0.3, 0.4) is 0 Å². The molecule has 0 bridgehead atoms. The molecule has 1 saturated heterocycles. The van der Waals surface area contributed by atoms with Crippen molar-refractivity contribution in [2.45, 2.75) is 32.2 Å². The molecular formula is C17H22F2N2O3. The van der Waals surface area contributed by atoms with Gasteiger partial charge in [-0.3, -0.25) is 14.5 Å². The van der Waals surface area contributed by atoms with Crippen LogP contribution in [0.15, 0.2) is 12.1 Å². The summed E-state index contributed by atoms with van der Waals surface area (Å²) < 4.78 is 27.3. The molecule has 1 amide bonds. The number of hydrogen-bond acceptors (Lipinski definition) is 3. The Morgan fingerprint density at radius 3 is 2.62 bits per heavy atom. The molecule has 1 N–H and O–H groups in total. The second kappa shape index (κ2) is 7.70. The van der Waals surface area contributed by atoms with Gasteiger partial charge in [0, 0.05) is 25.2 Å². The first-order chi connectivity index (χ1) is 11.3. The number of halogens is 2. The summed E-state index contributed by atoms with van der Waals surface area (Å²) in [5.41, 5.74) is 0.111. The van der Waals surface area contributed by atoms with E-state index in [9.17, 15) is 18.4 Å². The number of nitrogens with zero attached hydrogens (tertiary/aromatic N) is 2. The van der Waals surface area contributed by atoms with Gasteiger partial charge in [-0.25, -0.2) is 8.78 Å². The summed E-state index contributed by atoms with van der Waals surface area (Å²) in [7, 11) is 1.75. The van der Waals surface area contributed by atoms with E-state index in [2.05, 4.69) is 0 Å². The summed E-state index contributed by atoms with van der Waals surface area (Å²) in [5, 5.41) is 8.87. The van der Waals surface area contributed by atoms with Crippen LogP contribution in [0.4, 0.5) is 8.78 Å². The average molecular weight is 340 g/mol. The van der Waals surface area contributed by atoms with Crippen molar-refractivity contribution >= 4 is 11.9 Å². The zero-order valence-electron chi connectivity index (χ0n) is 13.9. The van der Waals surface area contributed by atoms with Crippen LogP contribution in [0, 0.1) is 18.6 Å². The van der Waals surface area contributed by atoms with Gasteiger partial charge in [-0.2, -0.15) is 0 Å². The predicted octanol–water partition coefficient (Wildman–Crippen LogP) is 2.28. The number of carbonyl (C=O) groups is 2. The van der Waals surface area contributed by atoms with Gasteiger partial charge in [0.25, 0.3) is 5.91 Å². The Morgan fingerprint density at radius 2 is 1.96 bits per heavy atom. The normalized spacial score (nSPS) is 18.5. The van der Waals surface area contributed by atoms with Crippen LogP contribution in [0.1, 0.15) is 35.2 Å². The Balaban J connectivity index is 2.07. The fourth-order valence-electron chi connectivity index (χ4n) is 3.06. The molecule has 1 heterocycles. The summed E-state index contributed by atoms with van der Waals surface area (Å²) in [4.78, 5) is 26.7. The molecular weight excluding hydrogens is 318 g/mol. The minimum atomic E-state index is -0.890. The maximum absolute atomic E-state index is 13.9. The number of likely N-dealkylation sites (tertiary alicyclic amines) is 1. The third kappa shape index (κ3) is 4.29. The molecule has 2 rings (SSSR count). The van der Waals surface area contributed by atoms with Crippen LogP contribution in [-0.4, -0.2) is 59.5 Å². The lowest BCUT2D eigenvalue weighted by molar-refractivity contribution is -0.138. The maximum atomic E-state index is 13.9. The van der Waals surface area contributed by atoms with E-state index in [-0.39, 0.29) is 23.7 Å². The number of rotatable bonds is 4. The van der Waals surface area contributed by atoms with Crippen LogP contribution in [-0.2, 0) is 4.79 Å². The molecule has 0 aliphatic carbocycles. The summed E-state index contributed by atoms with van der Waals surface area (Å²) in [6.45, 7) is 2.34. The average Bonchev–Trinajstić information content (AvgIpc) is 2.75. The zero-order valence-corrected chi connectivity index (χ0v) is 13.9. The molecule has 1 fully saturated rings. The highest BCUT2D eigenvalue weighted by atomic mass is 19.1. The van der Waals surface area contributed by atoms with Crippen LogP contribution >= 0.6 is 0 Å². The molecule has 1 aromatic carbocycles. The van der Waals surface area contributed by atoms with Gasteiger partial charge in [-0.05, 0) is 44.9 Å². The van der Waals surface area contributed by atoms with Crippen molar-refractivity contribution in [1.29, 1.82) is 0 Å². The fourth-order valence-corrected chi connectivity index (χ4v) is 3.06. The van der Waals surface area contributed by atoms with Gasteiger partial charge in [0.2, 0.25) is 0 Å². The first-order valence-corrected chi connectivity index (χ1v) is 7.96. The molecule has 1 aliphatic heterocycles. The molecule has 0 aromatic heterocycles. The van der Waals surface area contributed by atoms with Crippen molar-refractivity contribution in [2.75, 3.05) is 26.7 Å². The van der Waals surface area contributed by atoms with E-state index in [1.165, 1.54) is 13.0 Å². The quantitative estimate of drug-likeness (QED) is 0.914. The minimum Gasteiger partial charge on any atom is -0.480 e. The fraction of sp³-hybridized carbons (Fsp3) is 0.529.